The number of nitrogens with one attached hydrogen (secondary N) is 2. The smallest absolute Gasteiger partial charge is 0.279 e. The van der Waals surface area contributed by atoms with E-state index in [0.717, 1.165) is 16.8 Å². The molecule has 2 heterocycles. The second-order valence-electron chi connectivity index (χ2n) is 9.02. The van der Waals surface area contributed by atoms with E-state index in [4.69, 9.17) is 0 Å². The molecule has 6 heteroatoms. The molecule has 2 N–H and O–H groups in total. The maximum absolute atomic E-state index is 13.2. The van der Waals surface area contributed by atoms with Gasteiger partial charge in [0.2, 0.25) is 0 Å². The van der Waals surface area contributed by atoms with E-state index in [0.29, 0.717) is 22.9 Å². The lowest BCUT2D eigenvalue weighted by molar-refractivity contribution is 0.590. The fourth-order valence-corrected chi connectivity index (χ4v) is 3.68. The Bertz CT molecular complexity index is 1270. The third-order valence-electron chi connectivity index (χ3n) is 5.64. The van der Waals surface area contributed by atoms with E-state index in [-0.39, 0.29) is 11.0 Å². The van der Waals surface area contributed by atoms with E-state index >= 15 is 0 Å². The van der Waals surface area contributed by atoms with Crippen LogP contribution in [0.3, 0.4) is 0 Å². The lowest BCUT2D eigenvalue weighted by atomic mass is 9.87. The van der Waals surface area contributed by atoms with Crippen molar-refractivity contribution in [2.24, 2.45) is 0 Å². The second-order valence-corrected chi connectivity index (χ2v) is 9.02. The first-order valence-corrected chi connectivity index (χ1v) is 10.4. The summed E-state index contributed by atoms with van der Waals surface area (Å²) in [5.41, 5.74) is 3.00. The molecule has 0 saturated heterocycles. The summed E-state index contributed by atoms with van der Waals surface area (Å²) in [6, 6.07) is 17.6. The Morgan fingerprint density at radius 3 is 2.40 bits per heavy atom. The Hall–Kier alpha value is -3.41. The van der Waals surface area contributed by atoms with Gasteiger partial charge in [-0.1, -0.05) is 51.1 Å². The number of hydrogen-bond acceptors (Lipinski definition) is 4. The van der Waals surface area contributed by atoms with Gasteiger partial charge >= 0.3 is 0 Å². The number of aromatic amines is 1. The molecule has 1 saturated carbocycles. The number of H-pyrrole nitrogens is 1. The highest BCUT2D eigenvalue weighted by Crippen LogP contribution is 2.39. The van der Waals surface area contributed by atoms with Crippen LogP contribution in [0.25, 0.3) is 16.5 Å². The molecular formula is C24H25N5O. The molecule has 152 valence electrons. The molecule has 1 aliphatic rings. The van der Waals surface area contributed by atoms with Crippen LogP contribution in [-0.4, -0.2) is 20.0 Å². The highest BCUT2D eigenvalue weighted by atomic mass is 16.1. The van der Waals surface area contributed by atoms with Gasteiger partial charge in [0.25, 0.3) is 5.56 Å². The van der Waals surface area contributed by atoms with Gasteiger partial charge in [-0.25, -0.2) is 0 Å². The summed E-state index contributed by atoms with van der Waals surface area (Å²) in [6.07, 6.45) is 2.41. The lowest BCUT2D eigenvalue weighted by Crippen LogP contribution is -2.23. The van der Waals surface area contributed by atoms with Crippen LogP contribution < -0.4 is 10.9 Å². The minimum Gasteiger partial charge on any atom is -0.321 e. The Balaban J connectivity index is 1.60. The van der Waals surface area contributed by atoms with E-state index in [9.17, 15) is 4.79 Å². The molecule has 1 aliphatic carbocycles. The van der Waals surface area contributed by atoms with Gasteiger partial charge in [0.05, 0.1) is 11.1 Å². The quantitative estimate of drug-likeness (QED) is 0.505. The molecule has 0 aliphatic heterocycles. The minimum absolute atomic E-state index is 0.0479. The Morgan fingerprint density at radius 1 is 1.03 bits per heavy atom. The van der Waals surface area contributed by atoms with Crippen LogP contribution in [0, 0.1) is 0 Å². The first kappa shape index (κ1) is 18.6. The normalized spacial score (nSPS) is 14.2. The molecule has 0 atom stereocenters. The van der Waals surface area contributed by atoms with E-state index in [2.05, 4.69) is 53.5 Å². The van der Waals surface area contributed by atoms with E-state index < -0.39 is 0 Å². The number of anilines is 2. The van der Waals surface area contributed by atoms with Crippen LogP contribution in [0.5, 0.6) is 0 Å². The number of nitrogens with zero attached hydrogens (tertiary/aromatic N) is 3. The SMILES string of the molecule is CC(C)(C)c1ccc(-n2nc(Nc3cc(C4CC4)[nH]n3)c3ccccc3c2=O)cc1. The minimum atomic E-state index is -0.139. The molecule has 5 rings (SSSR count). The van der Waals surface area contributed by atoms with Gasteiger partial charge in [0, 0.05) is 23.1 Å². The monoisotopic (exact) mass is 399 g/mol. The predicted octanol–water partition coefficient (Wildman–Crippen LogP) is 5.03. The highest BCUT2D eigenvalue weighted by molar-refractivity contribution is 5.92. The highest BCUT2D eigenvalue weighted by Gasteiger charge is 2.25. The zero-order chi connectivity index (χ0) is 20.9. The summed E-state index contributed by atoms with van der Waals surface area (Å²) < 4.78 is 1.46. The second kappa shape index (κ2) is 6.83. The van der Waals surface area contributed by atoms with Crippen molar-refractivity contribution < 1.29 is 0 Å². The van der Waals surface area contributed by atoms with Gasteiger partial charge in [-0.3, -0.25) is 9.89 Å². The molecule has 2 aromatic heterocycles. The molecule has 0 bridgehead atoms. The van der Waals surface area contributed by atoms with Crippen molar-refractivity contribution in [3.8, 4) is 5.69 Å². The Labute approximate surface area is 175 Å². The van der Waals surface area contributed by atoms with Crippen LogP contribution >= 0.6 is 0 Å². The fraction of sp³-hybridized carbons (Fsp3) is 0.292. The number of aromatic nitrogens is 4. The van der Waals surface area contributed by atoms with Crippen molar-refractivity contribution >= 4 is 22.4 Å². The average Bonchev–Trinajstić information content (AvgIpc) is 3.49. The van der Waals surface area contributed by atoms with Gasteiger partial charge in [-0.2, -0.15) is 9.78 Å². The summed E-state index contributed by atoms with van der Waals surface area (Å²) in [5.74, 6) is 1.91. The van der Waals surface area contributed by atoms with Gasteiger partial charge in [0.15, 0.2) is 11.6 Å². The maximum atomic E-state index is 13.2. The first-order chi connectivity index (χ1) is 14.4. The van der Waals surface area contributed by atoms with Crippen molar-refractivity contribution in [2.45, 2.75) is 44.9 Å². The number of hydrogen-bond donors (Lipinski definition) is 2. The standard InChI is InChI=1S/C24H25N5O/c1-24(2,3)16-10-12-17(13-11-16)29-23(30)19-7-5-4-6-18(19)22(28-29)25-21-14-20(26-27-21)15-8-9-15/h4-7,10-15H,8-9H2,1-3H3,(H2,25,26,27,28). The summed E-state index contributed by atoms with van der Waals surface area (Å²) >= 11 is 0. The topological polar surface area (TPSA) is 75.6 Å². The molecule has 1 fully saturated rings. The van der Waals surface area contributed by atoms with Crippen molar-refractivity contribution in [3.05, 3.63) is 76.2 Å². The van der Waals surface area contributed by atoms with Crippen LogP contribution in [0.4, 0.5) is 11.6 Å². The summed E-state index contributed by atoms with van der Waals surface area (Å²) in [6.45, 7) is 6.51. The number of fused-ring (bicyclic) bond motifs is 1. The van der Waals surface area contributed by atoms with Crippen LogP contribution in [0.1, 0.15) is 50.8 Å². The summed E-state index contributed by atoms with van der Waals surface area (Å²) in [5, 5.41) is 16.9. The first-order valence-electron chi connectivity index (χ1n) is 10.4. The van der Waals surface area contributed by atoms with Gasteiger partial charge in [-0.05, 0) is 42.0 Å². The van der Waals surface area contributed by atoms with E-state index in [1.807, 2.05) is 42.5 Å². The molecule has 0 radical (unpaired) electrons. The lowest BCUT2D eigenvalue weighted by Gasteiger charge is -2.19. The molecule has 2 aromatic carbocycles. The molecule has 0 spiro atoms. The molecule has 6 nitrogen and oxygen atoms in total. The van der Waals surface area contributed by atoms with Crippen molar-refractivity contribution in [3.63, 3.8) is 0 Å². The number of rotatable bonds is 4. The van der Waals surface area contributed by atoms with Gasteiger partial charge in [0.1, 0.15) is 0 Å². The largest absolute Gasteiger partial charge is 0.321 e. The number of benzene rings is 2. The van der Waals surface area contributed by atoms with Crippen LogP contribution in [-0.2, 0) is 5.41 Å². The van der Waals surface area contributed by atoms with Crippen molar-refractivity contribution in [1.29, 1.82) is 0 Å². The summed E-state index contributed by atoms with van der Waals surface area (Å²) in [4.78, 5) is 13.2. The maximum Gasteiger partial charge on any atom is 0.279 e. The average molecular weight is 399 g/mol. The predicted molar refractivity (Wildman–Crippen MR) is 120 cm³/mol. The fourth-order valence-electron chi connectivity index (χ4n) is 3.68. The van der Waals surface area contributed by atoms with Crippen molar-refractivity contribution in [1.82, 2.24) is 20.0 Å². The molecular weight excluding hydrogens is 374 g/mol. The van der Waals surface area contributed by atoms with Gasteiger partial charge < -0.3 is 5.32 Å². The molecule has 0 unspecified atom stereocenters. The van der Waals surface area contributed by atoms with E-state index in [1.54, 1.807) is 0 Å². The Morgan fingerprint density at radius 2 is 1.73 bits per heavy atom. The van der Waals surface area contributed by atoms with Gasteiger partial charge in [-0.15, -0.1) is 5.10 Å². The zero-order valence-electron chi connectivity index (χ0n) is 17.4. The Kier molecular flexibility index (Phi) is 4.24. The third kappa shape index (κ3) is 3.38. The molecule has 4 aromatic rings. The summed E-state index contributed by atoms with van der Waals surface area (Å²) in [7, 11) is 0. The van der Waals surface area contributed by atoms with Crippen LogP contribution in [0.2, 0.25) is 0 Å². The zero-order valence-corrected chi connectivity index (χ0v) is 17.4. The van der Waals surface area contributed by atoms with E-state index in [1.165, 1.54) is 23.1 Å². The van der Waals surface area contributed by atoms with Crippen molar-refractivity contribution in [2.75, 3.05) is 5.32 Å². The van der Waals surface area contributed by atoms with Crippen LogP contribution in [0.15, 0.2) is 59.4 Å². The third-order valence-corrected chi connectivity index (χ3v) is 5.64. The molecule has 0 amide bonds. The molecule has 30 heavy (non-hydrogen) atoms.